The fourth-order valence-corrected chi connectivity index (χ4v) is 2.96. The average Bonchev–Trinajstić information content (AvgIpc) is 2.72. The van der Waals surface area contributed by atoms with Gasteiger partial charge in [-0.1, -0.05) is 103 Å². The van der Waals surface area contributed by atoms with E-state index in [4.69, 9.17) is 0 Å². The van der Waals surface area contributed by atoms with Crippen molar-refractivity contribution in [1.29, 1.82) is 0 Å². The zero-order valence-corrected chi connectivity index (χ0v) is 15.3. The first-order chi connectivity index (χ1) is 13.1. The first-order valence-corrected chi connectivity index (χ1v) is 9.07. The van der Waals surface area contributed by atoms with Crippen molar-refractivity contribution in [2.45, 2.75) is 13.3 Å². The molecular weight excluding hydrogens is 332 g/mol. The summed E-state index contributed by atoms with van der Waals surface area (Å²) in [6.07, 6.45) is 4.23. The van der Waals surface area contributed by atoms with Crippen molar-refractivity contribution < 1.29 is 9.59 Å². The number of carbonyl (C=O) groups is 2. The van der Waals surface area contributed by atoms with E-state index in [1.165, 1.54) is 0 Å². The zero-order valence-electron chi connectivity index (χ0n) is 15.3. The minimum Gasteiger partial charge on any atom is -0.293 e. The summed E-state index contributed by atoms with van der Waals surface area (Å²) >= 11 is 0. The van der Waals surface area contributed by atoms with Crippen LogP contribution in [0.4, 0.5) is 0 Å². The van der Waals surface area contributed by atoms with Gasteiger partial charge < -0.3 is 0 Å². The van der Waals surface area contributed by atoms with Gasteiger partial charge >= 0.3 is 0 Å². The lowest BCUT2D eigenvalue weighted by molar-refractivity contribution is 0.0809. The molecule has 0 aromatic heterocycles. The van der Waals surface area contributed by atoms with Crippen LogP contribution >= 0.6 is 0 Å². The molecule has 3 aromatic rings. The van der Waals surface area contributed by atoms with Crippen LogP contribution in [-0.4, -0.2) is 11.6 Å². The highest BCUT2D eigenvalue weighted by Crippen LogP contribution is 2.20. The van der Waals surface area contributed by atoms with Crippen molar-refractivity contribution in [1.82, 2.24) is 0 Å². The van der Waals surface area contributed by atoms with Crippen LogP contribution < -0.4 is 0 Å². The molecule has 3 rings (SSSR count). The van der Waals surface area contributed by atoms with Crippen LogP contribution in [0.1, 0.15) is 38.3 Å². The molecule has 27 heavy (non-hydrogen) atoms. The third-order valence-corrected chi connectivity index (χ3v) is 4.51. The standard InChI is InChI=1S/C25H22O2/c1-19-15-17-22(18-16-19)25(27)23(24(26)21-12-6-3-7-13-21)14-8-11-20-9-4-2-5-10-20/h2-13,15-18,23H,14H2,1H3/b11-8+. The fraction of sp³-hybridized carbons (Fsp3) is 0.120. The molecule has 0 heterocycles. The highest BCUT2D eigenvalue weighted by atomic mass is 16.1. The van der Waals surface area contributed by atoms with Crippen LogP contribution in [0.25, 0.3) is 6.08 Å². The van der Waals surface area contributed by atoms with Gasteiger partial charge in [0.05, 0.1) is 5.92 Å². The third kappa shape index (κ3) is 4.89. The highest BCUT2D eigenvalue weighted by molar-refractivity contribution is 6.16. The van der Waals surface area contributed by atoms with E-state index < -0.39 is 5.92 Å². The summed E-state index contributed by atoms with van der Waals surface area (Å²) in [6.45, 7) is 1.98. The minimum atomic E-state index is -0.727. The molecule has 2 nitrogen and oxygen atoms in total. The maximum atomic E-state index is 13.1. The van der Waals surface area contributed by atoms with E-state index in [9.17, 15) is 9.59 Å². The summed E-state index contributed by atoms with van der Waals surface area (Å²) in [5.41, 5.74) is 3.27. The van der Waals surface area contributed by atoms with Crippen molar-refractivity contribution >= 4 is 17.6 Å². The van der Waals surface area contributed by atoms with Crippen molar-refractivity contribution in [3.05, 3.63) is 113 Å². The van der Waals surface area contributed by atoms with Gasteiger partial charge in [-0.25, -0.2) is 0 Å². The smallest absolute Gasteiger partial charge is 0.174 e. The molecule has 0 fully saturated rings. The number of benzene rings is 3. The fourth-order valence-electron chi connectivity index (χ4n) is 2.96. The molecule has 0 aliphatic heterocycles. The summed E-state index contributed by atoms with van der Waals surface area (Å²) < 4.78 is 0. The lowest BCUT2D eigenvalue weighted by Crippen LogP contribution is -2.24. The van der Waals surface area contributed by atoms with Crippen molar-refractivity contribution in [3.8, 4) is 0 Å². The van der Waals surface area contributed by atoms with E-state index in [2.05, 4.69) is 0 Å². The number of carbonyl (C=O) groups excluding carboxylic acids is 2. The lowest BCUT2D eigenvalue weighted by Gasteiger charge is -2.13. The molecule has 3 aromatic carbocycles. The summed E-state index contributed by atoms with van der Waals surface area (Å²) in [6, 6.07) is 26.3. The van der Waals surface area contributed by atoms with Gasteiger partial charge in [0.15, 0.2) is 11.6 Å². The van der Waals surface area contributed by atoms with Crippen LogP contribution in [0.3, 0.4) is 0 Å². The molecule has 1 unspecified atom stereocenters. The number of Topliss-reactive ketones (excluding diaryl/α,β-unsaturated/α-hetero) is 2. The second-order valence-corrected chi connectivity index (χ2v) is 6.56. The Morgan fingerprint density at radius 2 is 1.26 bits per heavy atom. The summed E-state index contributed by atoms with van der Waals surface area (Å²) in [5.74, 6) is -1.00. The maximum Gasteiger partial charge on any atom is 0.174 e. The van der Waals surface area contributed by atoms with Gasteiger partial charge in [0.1, 0.15) is 0 Å². The average molecular weight is 354 g/mol. The molecule has 0 saturated heterocycles. The molecular formula is C25H22O2. The van der Waals surface area contributed by atoms with Gasteiger partial charge in [-0.15, -0.1) is 0 Å². The Morgan fingerprint density at radius 1 is 0.741 bits per heavy atom. The molecule has 0 saturated carbocycles. The van der Waals surface area contributed by atoms with Crippen LogP contribution in [0.15, 0.2) is 91.0 Å². The van der Waals surface area contributed by atoms with Gasteiger partial charge in [-0.3, -0.25) is 9.59 Å². The molecule has 0 amide bonds. The number of allylic oxidation sites excluding steroid dienone is 1. The van der Waals surface area contributed by atoms with E-state index in [0.29, 0.717) is 17.5 Å². The Balaban J connectivity index is 1.86. The first-order valence-electron chi connectivity index (χ1n) is 9.07. The highest BCUT2D eigenvalue weighted by Gasteiger charge is 2.27. The summed E-state index contributed by atoms with van der Waals surface area (Å²) in [5, 5.41) is 0. The van der Waals surface area contributed by atoms with Gasteiger partial charge in [-0.2, -0.15) is 0 Å². The molecule has 134 valence electrons. The van der Waals surface area contributed by atoms with E-state index in [1.54, 1.807) is 24.3 Å². The van der Waals surface area contributed by atoms with Gasteiger partial charge in [0.25, 0.3) is 0 Å². The quantitative estimate of drug-likeness (QED) is 0.398. The van der Waals surface area contributed by atoms with E-state index >= 15 is 0 Å². The largest absolute Gasteiger partial charge is 0.293 e. The number of hydrogen-bond donors (Lipinski definition) is 0. The van der Waals surface area contributed by atoms with E-state index in [0.717, 1.165) is 11.1 Å². The zero-order chi connectivity index (χ0) is 19.1. The SMILES string of the molecule is Cc1ccc(C(=O)C(C/C=C/c2ccccc2)C(=O)c2ccccc2)cc1. The van der Waals surface area contributed by atoms with Crippen LogP contribution in [0, 0.1) is 12.8 Å². The number of hydrogen-bond acceptors (Lipinski definition) is 2. The number of ketones is 2. The number of rotatable bonds is 7. The minimum absolute atomic E-state index is 0.137. The van der Waals surface area contributed by atoms with E-state index in [1.807, 2.05) is 79.7 Å². The molecule has 0 aliphatic carbocycles. The molecule has 1 atom stereocenters. The third-order valence-electron chi connectivity index (χ3n) is 4.51. The Bertz CT molecular complexity index is 923. The van der Waals surface area contributed by atoms with Gasteiger partial charge in [0, 0.05) is 11.1 Å². The lowest BCUT2D eigenvalue weighted by atomic mass is 9.87. The topological polar surface area (TPSA) is 34.1 Å². The monoisotopic (exact) mass is 354 g/mol. The van der Waals surface area contributed by atoms with Crippen LogP contribution in [0.5, 0.6) is 0 Å². The summed E-state index contributed by atoms with van der Waals surface area (Å²) in [4.78, 5) is 26.1. The van der Waals surface area contributed by atoms with Crippen LogP contribution in [-0.2, 0) is 0 Å². The van der Waals surface area contributed by atoms with Gasteiger partial charge in [-0.05, 0) is 18.9 Å². The second kappa shape index (κ2) is 8.91. The van der Waals surface area contributed by atoms with Crippen LogP contribution in [0.2, 0.25) is 0 Å². The molecule has 0 radical (unpaired) electrons. The Hall–Kier alpha value is -3.26. The number of aryl methyl sites for hydroxylation is 1. The molecule has 0 spiro atoms. The maximum absolute atomic E-state index is 13.1. The molecule has 2 heteroatoms. The molecule has 0 bridgehead atoms. The van der Waals surface area contributed by atoms with Gasteiger partial charge in [0.2, 0.25) is 0 Å². The second-order valence-electron chi connectivity index (χ2n) is 6.56. The Kier molecular flexibility index (Phi) is 6.11. The Morgan fingerprint density at radius 3 is 1.85 bits per heavy atom. The molecule has 0 aliphatic rings. The predicted octanol–water partition coefficient (Wildman–Crippen LogP) is 5.78. The Labute approximate surface area is 160 Å². The predicted molar refractivity (Wildman–Crippen MR) is 110 cm³/mol. The van der Waals surface area contributed by atoms with Crippen molar-refractivity contribution in [3.63, 3.8) is 0 Å². The first kappa shape index (κ1) is 18.5. The van der Waals surface area contributed by atoms with Crippen molar-refractivity contribution in [2.24, 2.45) is 5.92 Å². The summed E-state index contributed by atoms with van der Waals surface area (Å²) in [7, 11) is 0. The van der Waals surface area contributed by atoms with Crippen molar-refractivity contribution in [2.75, 3.05) is 0 Å². The normalized spacial score (nSPS) is 12.0. The molecule has 0 N–H and O–H groups in total. The van der Waals surface area contributed by atoms with E-state index in [-0.39, 0.29) is 11.6 Å².